The Morgan fingerprint density at radius 2 is 2.07 bits per heavy atom. The van der Waals surface area contributed by atoms with Crippen molar-refractivity contribution in [3.63, 3.8) is 0 Å². The number of nitrogens with one attached hydrogen (secondary N) is 1. The van der Waals surface area contributed by atoms with Crippen LogP contribution >= 0.6 is 11.3 Å². The highest BCUT2D eigenvalue weighted by Gasteiger charge is 2.22. The number of halogens is 1. The van der Waals surface area contributed by atoms with Crippen molar-refractivity contribution in [1.82, 2.24) is 14.9 Å². The van der Waals surface area contributed by atoms with Crippen LogP contribution in [-0.2, 0) is 13.0 Å². The summed E-state index contributed by atoms with van der Waals surface area (Å²) in [7, 11) is 0. The molecular formula is C21H22FN3O3S. The average Bonchev–Trinajstić information content (AvgIpc) is 2.88. The van der Waals surface area contributed by atoms with Gasteiger partial charge in [0.1, 0.15) is 28.8 Å². The number of amides is 1. The minimum Gasteiger partial charge on any atom is -0.492 e. The van der Waals surface area contributed by atoms with Crippen molar-refractivity contribution in [2.45, 2.75) is 39.2 Å². The van der Waals surface area contributed by atoms with Crippen LogP contribution in [0, 0.1) is 12.7 Å². The molecule has 4 rings (SSSR count). The molecule has 3 heterocycles. The Morgan fingerprint density at radius 3 is 2.86 bits per heavy atom. The normalized spacial score (nSPS) is 13.7. The summed E-state index contributed by atoms with van der Waals surface area (Å²) in [6, 6.07) is 5.72. The third-order valence-electron chi connectivity index (χ3n) is 5.09. The summed E-state index contributed by atoms with van der Waals surface area (Å²) in [5, 5.41) is 3.37. The minimum atomic E-state index is -0.326. The molecule has 1 aliphatic rings. The minimum absolute atomic E-state index is 0.0423. The van der Waals surface area contributed by atoms with Gasteiger partial charge in [0.15, 0.2) is 0 Å². The number of fused-ring (bicyclic) bond motifs is 2. The van der Waals surface area contributed by atoms with Crippen molar-refractivity contribution in [3.8, 4) is 5.75 Å². The first-order valence-electron chi connectivity index (χ1n) is 9.74. The Bertz CT molecular complexity index is 1110. The van der Waals surface area contributed by atoms with Gasteiger partial charge in [-0.25, -0.2) is 9.37 Å². The number of nitrogens with zero attached hydrogens (tertiary/aromatic N) is 2. The van der Waals surface area contributed by atoms with E-state index >= 15 is 0 Å². The smallest absolute Gasteiger partial charge is 0.262 e. The van der Waals surface area contributed by atoms with Gasteiger partial charge in [0.2, 0.25) is 0 Å². The number of thiophene rings is 1. The molecule has 1 amide bonds. The maximum Gasteiger partial charge on any atom is 0.262 e. The van der Waals surface area contributed by atoms with Crippen LogP contribution in [0.5, 0.6) is 5.75 Å². The predicted molar refractivity (Wildman–Crippen MR) is 110 cm³/mol. The SMILES string of the molecule is Cc1c(C(=O)NCCOc2ccc(F)cc2)sc2nc3n(c(=O)c12)CCCCC3. The summed E-state index contributed by atoms with van der Waals surface area (Å²) in [6.07, 6.45) is 3.90. The van der Waals surface area contributed by atoms with Gasteiger partial charge in [0, 0.05) is 13.0 Å². The van der Waals surface area contributed by atoms with Crippen LogP contribution in [0.4, 0.5) is 4.39 Å². The quantitative estimate of drug-likeness (QED) is 0.648. The zero-order valence-electron chi connectivity index (χ0n) is 16.2. The number of carbonyl (C=O) groups excluding carboxylic acids is 1. The molecule has 6 nitrogen and oxygen atoms in total. The second-order valence-corrected chi connectivity index (χ2v) is 8.09. The van der Waals surface area contributed by atoms with E-state index in [1.165, 1.54) is 35.6 Å². The molecule has 0 saturated heterocycles. The number of ether oxygens (including phenoxy) is 1. The van der Waals surface area contributed by atoms with Crippen molar-refractivity contribution in [3.05, 3.63) is 56.7 Å². The van der Waals surface area contributed by atoms with Crippen molar-refractivity contribution in [2.24, 2.45) is 0 Å². The molecule has 0 fully saturated rings. The average molecular weight is 415 g/mol. The predicted octanol–water partition coefficient (Wildman–Crippen LogP) is 3.44. The standard InChI is InChI=1S/C21H22FN3O3S/c1-13-17-20(24-16-5-3-2-4-11-25(16)21(17)27)29-18(13)19(26)23-10-12-28-15-8-6-14(22)7-9-15/h6-9H,2-5,10-12H2,1H3,(H,23,26). The molecule has 2 aromatic heterocycles. The molecule has 0 atom stereocenters. The first-order valence-corrected chi connectivity index (χ1v) is 10.6. The fourth-order valence-electron chi connectivity index (χ4n) is 3.57. The molecule has 8 heteroatoms. The van der Waals surface area contributed by atoms with Gasteiger partial charge in [-0.15, -0.1) is 11.3 Å². The van der Waals surface area contributed by atoms with Gasteiger partial charge in [0.05, 0.1) is 16.8 Å². The Balaban J connectivity index is 1.47. The Labute approximate surface area is 171 Å². The van der Waals surface area contributed by atoms with E-state index in [4.69, 9.17) is 4.74 Å². The fourth-order valence-corrected chi connectivity index (χ4v) is 4.68. The lowest BCUT2D eigenvalue weighted by atomic mass is 10.2. The lowest BCUT2D eigenvalue weighted by molar-refractivity contribution is 0.0950. The molecule has 0 aliphatic carbocycles. The molecule has 1 aliphatic heterocycles. The van der Waals surface area contributed by atoms with Gasteiger partial charge in [-0.3, -0.25) is 14.2 Å². The van der Waals surface area contributed by atoms with E-state index in [9.17, 15) is 14.0 Å². The third kappa shape index (κ3) is 4.03. The second kappa shape index (κ2) is 8.32. The third-order valence-corrected chi connectivity index (χ3v) is 6.27. The van der Waals surface area contributed by atoms with Gasteiger partial charge in [-0.05, 0) is 49.6 Å². The number of rotatable bonds is 5. The Hall–Kier alpha value is -2.74. The van der Waals surface area contributed by atoms with E-state index in [1.807, 2.05) is 0 Å². The molecule has 0 spiro atoms. The van der Waals surface area contributed by atoms with Gasteiger partial charge in [-0.2, -0.15) is 0 Å². The van der Waals surface area contributed by atoms with Crippen LogP contribution in [-0.4, -0.2) is 28.6 Å². The lowest BCUT2D eigenvalue weighted by Gasteiger charge is -2.08. The zero-order chi connectivity index (χ0) is 20.4. The molecule has 1 N–H and O–H groups in total. The van der Waals surface area contributed by atoms with E-state index in [-0.39, 0.29) is 23.9 Å². The van der Waals surface area contributed by atoms with Crippen molar-refractivity contribution >= 4 is 27.5 Å². The highest BCUT2D eigenvalue weighted by molar-refractivity contribution is 7.20. The van der Waals surface area contributed by atoms with Gasteiger partial charge in [-0.1, -0.05) is 6.42 Å². The van der Waals surface area contributed by atoms with Crippen molar-refractivity contribution in [2.75, 3.05) is 13.2 Å². The topological polar surface area (TPSA) is 73.2 Å². The highest BCUT2D eigenvalue weighted by atomic mass is 32.1. The Kier molecular flexibility index (Phi) is 5.62. The van der Waals surface area contributed by atoms with Gasteiger partial charge < -0.3 is 10.1 Å². The summed E-state index contributed by atoms with van der Waals surface area (Å²) in [4.78, 5) is 31.4. The van der Waals surface area contributed by atoms with Crippen LogP contribution in [0.15, 0.2) is 29.1 Å². The van der Waals surface area contributed by atoms with Crippen molar-refractivity contribution < 1.29 is 13.9 Å². The number of hydrogen-bond acceptors (Lipinski definition) is 5. The maximum absolute atomic E-state index is 13.0. The molecule has 0 bridgehead atoms. The second-order valence-electron chi connectivity index (χ2n) is 7.09. The first kappa shape index (κ1) is 19.6. The molecular weight excluding hydrogens is 393 g/mol. The molecule has 152 valence electrons. The van der Waals surface area contributed by atoms with Gasteiger partial charge in [0.25, 0.3) is 11.5 Å². The summed E-state index contributed by atoms with van der Waals surface area (Å²) in [5.74, 6) is 0.791. The van der Waals surface area contributed by atoms with E-state index in [2.05, 4.69) is 10.3 Å². The van der Waals surface area contributed by atoms with Crippen LogP contribution in [0.25, 0.3) is 10.2 Å². The molecule has 0 saturated carbocycles. The zero-order valence-corrected chi connectivity index (χ0v) is 17.0. The largest absolute Gasteiger partial charge is 0.492 e. The van der Waals surface area contributed by atoms with Crippen LogP contribution < -0.4 is 15.6 Å². The summed E-state index contributed by atoms with van der Waals surface area (Å²) in [6.45, 7) is 3.05. The molecule has 1 aromatic carbocycles. The van der Waals surface area contributed by atoms with E-state index in [0.29, 0.717) is 39.5 Å². The fraction of sp³-hybridized carbons (Fsp3) is 0.381. The maximum atomic E-state index is 13.0. The van der Waals surface area contributed by atoms with E-state index < -0.39 is 0 Å². The van der Waals surface area contributed by atoms with Crippen molar-refractivity contribution in [1.29, 1.82) is 0 Å². The number of benzene rings is 1. The highest BCUT2D eigenvalue weighted by Crippen LogP contribution is 2.28. The van der Waals surface area contributed by atoms with Crippen LogP contribution in [0.2, 0.25) is 0 Å². The van der Waals surface area contributed by atoms with Crippen LogP contribution in [0.1, 0.15) is 40.3 Å². The summed E-state index contributed by atoms with van der Waals surface area (Å²) >= 11 is 1.26. The van der Waals surface area contributed by atoms with E-state index in [0.717, 1.165) is 31.5 Å². The van der Waals surface area contributed by atoms with E-state index in [1.54, 1.807) is 11.5 Å². The molecule has 3 aromatic rings. The number of carbonyl (C=O) groups is 1. The number of aryl methyl sites for hydroxylation is 2. The molecule has 29 heavy (non-hydrogen) atoms. The Morgan fingerprint density at radius 1 is 1.28 bits per heavy atom. The summed E-state index contributed by atoms with van der Waals surface area (Å²) < 4.78 is 20.2. The molecule has 0 radical (unpaired) electrons. The lowest BCUT2D eigenvalue weighted by Crippen LogP contribution is -2.28. The monoisotopic (exact) mass is 415 g/mol. The number of hydrogen-bond donors (Lipinski definition) is 1. The number of aromatic nitrogens is 2. The van der Waals surface area contributed by atoms with Gasteiger partial charge >= 0.3 is 0 Å². The first-order chi connectivity index (χ1) is 14.0. The van der Waals surface area contributed by atoms with Crippen LogP contribution in [0.3, 0.4) is 0 Å². The summed E-state index contributed by atoms with van der Waals surface area (Å²) in [5.41, 5.74) is 0.637. The molecule has 0 unspecified atom stereocenters.